The molecule has 0 amide bonds. The van der Waals surface area contributed by atoms with E-state index in [0.717, 1.165) is 23.3 Å². The minimum absolute atomic E-state index is 0.862. The molecule has 16 heavy (non-hydrogen) atoms. The van der Waals surface area contributed by atoms with E-state index in [2.05, 4.69) is 32.3 Å². The van der Waals surface area contributed by atoms with E-state index in [-0.39, 0.29) is 0 Å². The van der Waals surface area contributed by atoms with Crippen LogP contribution in [0.2, 0.25) is 0 Å². The zero-order valence-electron chi connectivity index (χ0n) is 9.38. The largest absolute Gasteiger partial charge is 0.311 e. The first-order chi connectivity index (χ1) is 7.84. The third-order valence-corrected chi connectivity index (χ3v) is 3.32. The quantitative estimate of drug-likeness (QED) is 0.660. The summed E-state index contributed by atoms with van der Waals surface area (Å²) in [6.45, 7) is 1.92. The molecule has 0 saturated heterocycles. The zero-order valence-corrected chi connectivity index (χ0v) is 11.0. The molecule has 0 spiro atoms. The highest BCUT2D eigenvalue weighted by atomic mass is 79.9. The Morgan fingerprint density at radius 1 is 1.38 bits per heavy atom. The number of rotatable bonds is 5. The predicted octanol–water partition coefficient (Wildman–Crippen LogP) is 3.43. The minimum Gasteiger partial charge on any atom is -0.311 e. The average molecular weight is 281 g/mol. The second kappa shape index (κ2) is 6.16. The monoisotopic (exact) mass is 280 g/mol. The summed E-state index contributed by atoms with van der Waals surface area (Å²) in [6, 6.07) is 4.08. The van der Waals surface area contributed by atoms with Crippen LogP contribution in [0.3, 0.4) is 0 Å². The molecular formula is C13H17BrN2. The Kier molecular flexibility index (Phi) is 4.55. The van der Waals surface area contributed by atoms with Crippen molar-refractivity contribution in [3.05, 3.63) is 40.1 Å². The molecule has 0 aliphatic heterocycles. The number of hydrogen-bond donors (Lipinski definition) is 1. The summed E-state index contributed by atoms with van der Waals surface area (Å²) in [5, 5.41) is 3.43. The Morgan fingerprint density at radius 2 is 2.31 bits per heavy atom. The molecule has 1 aliphatic rings. The van der Waals surface area contributed by atoms with Crippen molar-refractivity contribution in [2.45, 2.75) is 32.2 Å². The summed E-state index contributed by atoms with van der Waals surface area (Å²) in [6.07, 6.45) is 9.36. The molecule has 0 atom stereocenters. The van der Waals surface area contributed by atoms with Gasteiger partial charge in [0.05, 0.1) is 5.69 Å². The van der Waals surface area contributed by atoms with E-state index < -0.39 is 0 Å². The molecule has 2 nitrogen and oxygen atoms in total. The number of pyridine rings is 1. The highest BCUT2D eigenvalue weighted by Crippen LogP contribution is 2.19. The van der Waals surface area contributed by atoms with Crippen LogP contribution >= 0.6 is 15.9 Å². The Hall–Kier alpha value is -0.670. The van der Waals surface area contributed by atoms with Crippen LogP contribution in [0.25, 0.3) is 0 Å². The lowest BCUT2D eigenvalue weighted by atomic mass is 10.2. The topological polar surface area (TPSA) is 24.9 Å². The fraction of sp³-hybridized carbons (Fsp3) is 0.462. The first-order valence-electron chi connectivity index (χ1n) is 5.83. The number of hydrogen-bond acceptors (Lipinski definition) is 2. The van der Waals surface area contributed by atoms with Gasteiger partial charge < -0.3 is 5.32 Å². The van der Waals surface area contributed by atoms with Gasteiger partial charge in [-0.1, -0.05) is 11.6 Å². The molecule has 3 heteroatoms. The van der Waals surface area contributed by atoms with Gasteiger partial charge in [0, 0.05) is 17.2 Å². The van der Waals surface area contributed by atoms with Crippen LogP contribution in [-0.4, -0.2) is 11.5 Å². The number of nitrogens with zero attached hydrogens (tertiary/aromatic N) is 1. The molecule has 0 aromatic carbocycles. The fourth-order valence-electron chi connectivity index (χ4n) is 1.94. The van der Waals surface area contributed by atoms with Crippen LogP contribution in [0, 0.1) is 0 Å². The number of halogens is 1. The maximum atomic E-state index is 4.32. The van der Waals surface area contributed by atoms with Crippen LogP contribution in [0.4, 0.5) is 0 Å². The highest BCUT2D eigenvalue weighted by Gasteiger charge is 2.03. The van der Waals surface area contributed by atoms with E-state index in [1.165, 1.54) is 25.7 Å². The zero-order chi connectivity index (χ0) is 11.2. The molecule has 1 N–H and O–H groups in total. The molecular weight excluding hydrogens is 264 g/mol. The van der Waals surface area contributed by atoms with E-state index in [1.54, 1.807) is 5.57 Å². The van der Waals surface area contributed by atoms with Crippen molar-refractivity contribution in [1.82, 2.24) is 10.3 Å². The van der Waals surface area contributed by atoms with Crippen molar-refractivity contribution in [3.8, 4) is 0 Å². The number of aromatic nitrogens is 1. The van der Waals surface area contributed by atoms with Gasteiger partial charge in [-0.15, -0.1) is 0 Å². The Bertz CT molecular complexity index is 357. The van der Waals surface area contributed by atoms with Gasteiger partial charge in [0.25, 0.3) is 0 Å². The van der Waals surface area contributed by atoms with Gasteiger partial charge in [0.2, 0.25) is 0 Å². The highest BCUT2D eigenvalue weighted by molar-refractivity contribution is 9.10. The lowest BCUT2D eigenvalue weighted by Crippen LogP contribution is -2.15. The first-order valence-corrected chi connectivity index (χ1v) is 6.63. The number of allylic oxidation sites excluding steroid dienone is 1. The first kappa shape index (κ1) is 11.8. The van der Waals surface area contributed by atoms with Crippen LogP contribution in [0.1, 0.15) is 31.4 Å². The Balaban J connectivity index is 1.66. The van der Waals surface area contributed by atoms with Crippen molar-refractivity contribution >= 4 is 15.9 Å². The molecule has 1 heterocycles. The Labute approximate surface area is 105 Å². The average Bonchev–Trinajstić information content (AvgIpc) is 2.80. The lowest BCUT2D eigenvalue weighted by Gasteiger charge is -2.05. The van der Waals surface area contributed by atoms with Gasteiger partial charge in [-0.05, 0) is 60.3 Å². The normalized spacial score (nSPS) is 15.2. The standard InChI is InChI=1S/C13H17BrN2/c14-12-5-6-13(16-9-12)10-15-8-7-11-3-1-2-4-11/h3,5-6,9,15H,1-2,4,7-8,10H2. The molecule has 86 valence electrons. The SMILES string of the molecule is Brc1ccc(CNCCC2=CCCC2)nc1. The minimum atomic E-state index is 0.862. The summed E-state index contributed by atoms with van der Waals surface area (Å²) in [7, 11) is 0. The smallest absolute Gasteiger partial charge is 0.0542 e. The van der Waals surface area contributed by atoms with Gasteiger partial charge in [-0.25, -0.2) is 0 Å². The molecule has 2 rings (SSSR count). The van der Waals surface area contributed by atoms with Crippen molar-refractivity contribution < 1.29 is 0 Å². The lowest BCUT2D eigenvalue weighted by molar-refractivity contribution is 0.665. The van der Waals surface area contributed by atoms with Crippen LogP contribution < -0.4 is 5.32 Å². The van der Waals surface area contributed by atoms with Gasteiger partial charge >= 0.3 is 0 Å². The van der Waals surface area contributed by atoms with E-state index in [0.29, 0.717) is 0 Å². The molecule has 0 bridgehead atoms. The van der Waals surface area contributed by atoms with E-state index in [9.17, 15) is 0 Å². The molecule has 1 aromatic heterocycles. The maximum Gasteiger partial charge on any atom is 0.0542 e. The molecule has 0 radical (unpaired) electrons. The van der Waals surface area contributed by atoms with Crippen LogP contribution in [0.15, 0.2) is 34.5 Å². The summed E-state index contributed by atoms with van der Waals surface area (Å²) >= 11 is 3.38. The van der Waals surface area contributed by atoms with E-state index >= 15 is 0 Å². The van der Waals surface area contributed by atoms with Crippen LogP contribution in [-0.2, 0) is 6.54 Å². The van der Waals surface area contributed by atoms with Crippen molar-refractivity contribution in [2.75, 3.05) is 6.54 Å². The second-order valence-electron chi connectivity index (χ2n) is 4.15. The third kappa shape index (κ3) is 3.72. The number of nitrogens with one attached hydrogen (secondary N) is 1. The summed E-state index contributed by atoms with van der Waals surface area (Å²) in [4.78, 5) is 4.32. The fourth-order valence-corrected chi connectivity index (χ4v) is 2.18. The molecule has 1 aliphatic carbocycles. The second-order valence-corrected chi connectivity index (χ2v) is 5.06. The molecule has 1 aromatic rings. The summed E-state index contributed by atoms with van der Waals surface area (Å²) in [5.41, 5.74) is 2.72. The van der Waals surface area contributed by atoms with Gasteiger partial charge in [0.15, 0.2) is 0 Å². The van der Waals surface area contributed by atoms with Gasteiger partial charge in [0.1, 0.15) is 0 Å². The van der Waals surface area contributed by atoms with Crippen molar-refractivity contribution in [2.24, 2.45) is 0 Å². The van der Waals surface area contributed by atoms with E-state index in [1.807, 2.05) is 18.3 Å². The molecule has 0 unspecified atom stereocenters. The third-order valence-electron chi connectivity index (χ3n) is 2.85. The Morgan fingerprint density at radius 3 is 3.00 bits per heavy atom. The maximum absolute atomic E-state index is 4.32. The van der Waals surface area contributed by atoms with Gasteiger partial charge in [-0.3, -0.25) is 4.98 Å². The predicted molar refractivity (Wildman–Crippen MR) is 70.2 cm³/mol. The molecule has 0 fully saturated rings. The van der Waals surface area contributed by atoms with Crippen molar-refractivity contribution in [1.29, 1.82) is 0 Å². The van der Waals surface area contributed by atoms with Gasteiger partial charge in [-0.2, -0.15) is 0 Å². The molecule has 0 saturated carbocycles. The van der Waals surface area contributed by atoms with Crippen molar-refractivity contribution in [3.63, 3.8) is 0 Å². The summed E-state index contributed by atoms with van der Waals surface area (Å²) < 4.78 is 1.03. The summed E-state index contributed by atoms with van der Waals surface area (Å²) in [5.74, 6) is 0. The van der Waals surface area contributed by atoms with Crippen LogP contribution in [0.5, 0.6) is 0 Å². The van der Waals surface area contributed by atoms with E-state index in [4.69, 9.17) is 0 Å².